The molecule has 0 spiro atoms. The van der Waals surface area contributed by atoms with Crippen LogP contribution in [-0.2, 0) is 22.8 Å². The van der Waals surface area contributed by atoms with E-state index in [0.717, 1.165) is 12.1 Å². The predicted molar refractivity (Wildman–Crippen MR) is 61.8 cm³/mol. The summed E-state index contributed by atoms with van der Waals surface area (Å²) in [4.78, 5) is 0. The molecule has 0 radical (unpaired) electrons. The SMILES string of the molecule is CCn1cc(CC2(N)CCS(=O)(=O)C2)cn1. The van der Waals surface area contributed by atoms with Crippen LogP contribution in [-0.4, -0.2) is 35.2 Å². The first-order valence-corrected chi connectivity index (χ1v) is 7.25. The van der Waals surface area contributed by atoms with E-state index in [1.165, 1.54) is 0 Å². The van der Waals surface area contributed by atoms with Crippen molar-refractivity contribution in [2.24, 2.45) is 5.73 Å². The van der Waals surface area contributed by atoms with Crippen LogP contribution in [0.15, 0.2) is 12.4 Å². The Balaban J connectivity index is 2.10. The summed E-state index contributed by atoms with van der Waals surface area (Å²) in [6.45, 7) is 2.82. The molecule has 16 heavy (non-hydrogen) atoms. The van der Waals surface area contributed by atoms with Crippen molar-refractivity contribution in [2.45, 2.75) is 31.8 Å². The average Bonchev–Trinajstić information content (AvgIpc) is 2.71. The molecule has 1 unspecified atom stereocenters. The molecule has 1 aliphatic rings. The minimum Gasteiger partial charge on any atom is -0.324 e. The molecule has 1 aromatic rings. The van der Waals surface area contributed by atoms with E-state index in [0.29, 0.717) is 12.8 Å². The zero-order valence-electron chi connectivity index (χ0n) is 9.39. The number of aryl methyl sites for hydroxylation is 1. The summed E-state index contributed by atoms with van der Waals surface area (Å²) < 4.78 is 24.6. The Bertz CT molecular complexity index is 480. The molecular weight excluding hydrogens is 226 g/mol. The Kier molecular flexibility index (Phi) is 2.79. The van der Waals surface area contributed by atoms with Crippen LogP contribution < -0.4 is 5.73 Å². The summed E-state index contributed by atoms with van der Waals surface area (Å²) >= 11 is 0. The van der Waals surface area contributed by atoms with E-state index in [1.54, 1.807) is 6.20 Å². The average molecular weight is 243 g/mol. The van der Waals surface area contributed by atoms with Crippen molar-refractivity contribution in [1.29, 1.82) is 0 Å². The van der Waals surface area contributed by atoms with Gasteiger partial charge in [0.2, 0.25) is 0 Å². The lowest BCUT2D eigenvalue weighted by Gasteiger charge is -2.20. The molecule has 0 aromatic carbocycles. The summed E-state index contributed by atoms with van der Waals surface area (Å²) in [6.07, 6.45) is 4.83. The van der Waals surface area contributed by atoms with E-state index in [2.05, 4.69) is 5.10 Å². The van der Waals surface area contributed by atoms with Crippen molar-refractivity contribution in [1.82, 2.24) is 9.78 Å². The van der Waals surface area contributed by atoms with Crippen molar-refractivity contribution in [3.63, 3.8) is 0 Å². The molecule has 90 valence electrons. The summed E-state index contributed by atoms with van der Waals surface area (Å²) in [5.41, 5.74) is 6.52. The molecule has 0 aliphatic carbocycles. The molecule has 1 aliphatic heterocycles. The summed E-state index contributed by atoms with van der Waals surface area (Å²) in [6, 6.07) is 0. The molecule has 1 aromatic heterocycles. The predicted octanol–water partition coefficient (Wildman–Crippen LogP) is -0.0385. The summed E-state index contributed by atoms with van der Waals surface area (Å²) in [5.74, 6) is 0.308. The monoisotopic (exact) mass is 243 g/mol. The van der Waals surface area contributed by atoms with E-state index >= 15 is 0 Å². The quantitative estimate of drug-likeness (QED) is 0.808. The van der Waals surface area contributed by atoms with Crippen LogP contribution in [0.2, 0.25) is 0 Å². The highest BCUT2D eigenvalue weighted by Gasteiger charge is 2.39. The minimum atomic E-state index is -2.92. The molecule has 2 heterocycles. The van der Waals surface area contributed by atoms with Crippen molar-refractivity contribution in [2.75, 3.05) is 11.5 Å². The van der Waals surface area contributed by atoms with Crippen LogP contribution in [0.1, 0.15) is 18.9 Å². The number of nitrogens with two attached hydrogens (primary N) is 1. The Morgan fingerprint density at radius 1 is 1.62 bits per heavy atom. The Morgan fingerprint density at radius 3 is 2.88 bits per heavy atom. The van der Waals surface area contributed by atoms with Gasteiger partial charge in [0, 0.05) is 18.3 Å². The third-order valence-electron chi connectivity index (χ3n) is 2.99. The van der Waals surface area contributed by atoms with E-state index in [1.807, 2.05) is 17.8 Å². The zero-order chi connectivity index (χ0) is 11.8. The highest BCUT2D eigenvalue weighted by molar-refractivity contribution is 7.91. The molecule has 2 N–H and O–H groups in total. The normalized spacial score (nSPS) is 28.4. The first-order chi connectivity index (χ1) is 7.42. The highest BCUT2D eigenvalue weighted by Crippen LogP contribution is 2.24. The third-order valence-corrected chi connectivity index (χ3v) is 4.83. The summed E-state index contributed by atoms with van der Waals surface area (Å²) in [5, 5.41) is 4.16. The fourth-order valence-corrected chi connectivity index (χ4v) is 4.14. The van der Waals surface area contributed by atoms with Gasteiger partial charge in [-0.15, -0.1) is 0 Å². The largest absolute Gasteiger partial charge is 0.324 e. The number of aromatic nitrogens is 2. The van der Waals surface area contributed by atoms with E-state index in [9.17, 15) is 8.42 Å². The maximum Gasteiger partial charge on any atom is 0.152 e. The number of hydrogen-bond acceptors (Lipinski definition) is 4. The van der Waals surface area contributed by atoms with Gasteiger partial charge in [-0.1, -0.05) is 0 Å². The molecule has 1 saturated heterocycles. The molecular formula is C10H17N3O2S. The van der Waals surface area contributed by atoms with Crippen molar-refractivity contribution >= 4 is 9.84 Å². The molecule has 1 fully saturated rings. The molecule has 0 saturated carbocycles. The molecule has 0 amide bonds. The van der Waals surface area contributed by atoms with Gasteiger partial charge in [0.05, 0.1) is 17.7 Å². The lowest BCUT2D eigenvalue weighted by molar-refractivity contribution is 0.476. The lowest BCUT2D eigenvalue weighted by atomic mass is 9.93. The van der Waals surface area contributed by atoms with Gasteiger partial charge in [-0.2, -0.15) is 5.10 Å². The fraction of sp³-hybridized carbons (Fsp3) is 0.700. The van der Waals surface area contributed by atoms with Gasteiger partial charge in [-0.25, -0.2) is 8.42 Å². The summed E-state index contributed by atoms with van der Waals surface area (Å²) in [7, 11) is -2.92. The lowest BCUT2D eigenvalue weighted by Crippen LogP contribution is -2.43. The van der Waals surface area contributed by atoms with Crippen LogP contribution in [0.4, 0.5) is 0 Å². The molecule has 2 rings (SSSR count). The molecule has 0 bridgehead atoms. The number of nitrogens with zero attached hydrogens (tertiary/aromatic N) is 2. The van der Waals surface area contributed by atoms with E-state index in [4.69, 9.17) is 5.73 Å². The van der Waals surface area contributed by atoms with Crippen molar-refractivity contribution < 1.29 is 8.42 Å². The van der Waals surface area contributed by atoms with Gasteiger partial charge >= 0.3 is 0 Å². The fourth-order valence-electron chi connectivity index (χ4n) is 2.16. The van der Waals surface area contributed by atoms with Gasteiger partial charge in [-0.05, 0) is 25.3 Å². The molecule has 5 nitrogen and oxygen atoms in total. The van der Waals surface area contributed by atoms with Gasteiger partial charge in [0.15, 0.2) is 9.84 Å². The van der Waals surface area contributed by atoms with Crippen LogP contribution in [0.3, 0.4) is 0 Å². The maximum absolute atomic E-state index is 11.4. The number of sulfone groups is 1. The van der Waals surface area contributed by atoms with Crippen LogP contribution >= 0.6 is 0 Å². The maximum atomic E-state index is 11.4. The van der Waals surface area contributed by atoms with E-state index in [-0.39, 0.29) is 11.5 Å². The van der Waals surface area contributed by atoms with Crippen molar-refractivity contribution in [3.8, 4) is 0 Å². The Hall–Kier alpha value is -0.880. The molecule has 1 atom stereocenters. The standard InChI is InChI=1S/C10H17N3O2S/c1-2-13-7-9(6-12-13)5-10(11)3-4-16(14,15)8-10/h6-7H,2-5,8,11H2,1H3. The Morgan fingerprint density at radius 2 is 2.38 bits per heavy atom. The van der Waals surface area contributed by atoms with Crippen LogP contribution in [0.25, 0.3) is 0 Å². The van der Waals surface area contributed by atoms with Crippen LogP contribution in [0.5, 0.6) is 0 Å². The topological polar surface area (TPSA) is 78.0 Å². The zero-order valence-corrected chi connectivity index (χ0v) is 10.2. The minimum absolute atomic E-state index is 0.0945. The second-order valence-corrected chi connectivity index (χ2v) is 6.77. The van der Waals surface area contributed by atoms with Crippen molar-refractivity contribution in [3.05, 3.63) is 18.0 Å². The number of rotatable bonds is 3. The smallest absolute Gasteiger partial charge is 0.152 e. The first kappa shape index (κ1) is 11.6. The third kappa shape index (κ3) is 2.44. The second kappa shape index (κ2) is 3.85. The van der Waals surface area contributed by atoms with Gasteiger partial charge in [0.1, 0.15) is 0 Å². The van der Waals surface area contributed by atoms with Gasteiger partial charge in [0.25, 0.3) is 0 Å². The Labute approximate surface area is 95.6 Å². The highest BCUT2D eigenvalue weighted by atomic mass is 32.2. The van der Waals surface area contributed by atoms with Gasteiger partial charge < -0.3 is 5.73 Å². The first-order valence-electron chi connectivity index (χ1n) is 5.43. The van der Waals surface area contributed by atoms with Crippen LogP contribution in [0, 0.1) is 0 Å². The number of hydrogen-bond donors (Lipinski definition) is 1. The van der Waals surface area contributed by atoms with Gasteiger partial charge in [-0.3, -0.25) is 4.68 Å². The second-order valence-electron chi connectivity index (χ2n) is 4.59. The van der Waals surface area contributed by atoms with E-state index < -0.39 is 15.4 Å². The molecule has 6 heteroatoms.